The molecule has 0 unspecified atom stereocenters. The van der Waals surface area contributed by atoms with Crippen LogP contribution in [-0.4, -0.2) is 107 Å². The van der Waals surface area contributed by atoms with Crippen LogP contribution in [0.3, 0.4) is 0 Å². The number of allylic oxidation sites excluding steroid dienone is 2. The number of nitrogens with two attached hydrogens (primary N) is 1. The summed E-state index contributed by atoms with van der Waals surface area (Å²) in [4.78, 5) is 34.9. The van der Waals surface area contributed by atoms with E-state index in [9.17, 15) is 14.9 Å². The Bertz CT molecular complexity index is 1450. The third-order valence-electron chi connectivity index (χ3n) is 7.40. The second-order valence-corrected chi connectivity index (χ2v) is 10.9. The van der Waals surface area contributed by atoms with E-state index in [2.05, 4.69) is 11.2 Å². The van der Waals surface area contributed by atoms with Gasteiger partial charge in [-0.05, 0) is 46.9 Å². The number of likely N-dealkylation sites (N-methyl/N-ethyl adjacent to an activating group) is 1. The van der Waals surface area contributed by atoms with Crippen LogP contribution in [0.25, 0.3) is 11.1 Å². The largest absolute Gasteiger partial charge is 0.494 e. The third-order valence-corrected chi connectivity index (χ3v) is 7.40. The van der Waals surface area contributed by atoms with Crippen molar-refractivity contribution in [3.63, 3.8) is 0 Å². The maximum atomic E-state index is 15.3. The van der Waals surface area contributed by atoms with Crippen LogP contribution in [0, 0.1) is 11.3 Å². The highest BCUT2D eigenvalue weighted by Crippen LogP contribution is 2.31. The molecule has 41 heavy (non-hydrogen) atoms. The van der Waals surface area contributed by atoms with Crippen molar-refractivity contribution in [3.8, 4) is 11.8 Å². The van der Waals surface area contributed by atoms with Gasteiger partial charge in [0.2, 0.25) is 11.6 Å². The molecule has 2 aliphatic heterocycles. The number of hydrogen-bond donors (Lipinski definition) is 1. The zero-order valence-electron chi connectivity index (χ0n) is 24.2. The van der Waals surface area contributed by atoms with Crippen molar-refractivity contribution < 1.29 is 18.7 Å². The molecule has 11 nitrogen and oxygen atoms in total. The first-order valence-electron chi connectivity index (χ1n) is 13.5. The van der Waals surface area contributed by atoms with E-state index in [1.165, 1.54) is 24.3 Å². The zero-order valence-corrected chi connectivity index (χ0v) is 24.2. The van der Waals surface area contributed by atoms with Gasteiger partial charge in [0.25, 0.3) is 5.91 Å². The number of halogens is 1. The number of nitrogens with zero attached hydrogens (tertiary/aromatic N) is 7. The number of fused-ring (bicyclic) bond motifs is 1. The molecule has 0 radical (unpaired) electrons. The van der Waals surface area contributed by atoms with Crippen molar-refractivity contribution in [1.29, 1.82) is 5.26 Å². The molecule has 2 fully saturated rings. The maximum Gasteiger partial charge on any atom is 0.264 e. The minimum atomic E-state index is -2.04. The summed E-state index contributed by atoms with van der Waals surface area (Å²) in [7, 11) is 5.31. The van der Waals surface area contributed by atoms with E-state index in [-0.39, 0.29) is 25.0 Å². The van der Waals surface area contributed by atoms with E-state index in [1.54, 1.807) is 28.6 Å². The van der Waals surface area contributed by atoms with Crippen molar-refractivity contribution in [2.75, 3.05) is 53.9 Å². The normalized spacial score (nSPS) is 18.4. The number of alkyl halides is 1. The van der Waals surface area contributed by atoms with Gasteiger partial charge in [0.05, 0.1) is 32.4 Å². The number of nitriles is 1. The van der Waals surface area contributed by atoms with E-state index in [0.29, 0.717) is 55.0 Å². The number of pyridine rings is 1. The Hall–Kier alpha value is -4.24. The average molecular weight is 565 g/mol. The summed E-state index contributed by atoms with van der Waals surface area (Å²) in [6, 6.07) is 3.87. The topological polar surface area (TPSA) is 133 Å². The van der Waals surface area contributed by atoms with Gasteiger partial charge in [0.15, 0.2) is 0 Å². The van der Waals surface area contributed by atoms with Crippen LogP contribution < -0.4 is 10.5 Å². The molecule has 4 rings (SSSR count). The number of amides is 2. The predicted molar refractivity (Wildman–Crippen MR) is 154 cm³/mol. The molecule has 2 aromatic heterocycles. The molecule has 2 aromatic rings. The third kappa shape index (κ3) is 6.25. The molecule has 12 heteroatoms. The van der Waals surface area contributed by atoms with Gasteiger partial charge >= 0.3 is 0 Å². The highest BCUT2D eigenvalue weighted by atomic mass is 19.1. The molecule has 0 saturated carbocycles. The fourth-order valence-corrected chi connectivity index (χ4v) is 5.32. The summed E-state index contributed by atoms with van der Waals surface area (Å²) < 4.78 is 22.5. The lowest BCUT2D eigenvalue weighted by molar-refractivity contribution is -0.162. The fourth-order valence-electron chi connectivity index (χ4n) is 5.32. The lowest BCUT2D eigenvalue weighted by atomic mass is 9.92. The smallest absolute Gasteiger partial charge is 0.264 e. The van der Waals surface area contributed by atoms with Crippen molar-refractivity contribution >= 4 is 28.6 Å². The first-order valence-corrected chi connectivity index (χ1v) is 13.5. The van der Waals surface area contributed by atoms with Crippen LogP contribution >= 0.6 is 0 Å². The second kappa shape index (κ2) is 12.1. The van der Waals surface area contributed by atoms with Crippen molar-refractivity contribution in [2.45, 2.75) is 38.4 Å². The number of aromatic nitrogens is 2. The number of aliphatic imine (C=N–C) groups is 1. The van der Waals surface area contributed by atoms with Crippen LogP contribution in [0.5, 0.6) is 5.75 Å². The summed E-state index contributed by atoms with van der Waals surface area (Å²) in [5.74, 6) is -0.353. The molecule has 0 aliphatic carbocycles. The SMILES string of the molecule is COc1cc(C(C(C)=NC2CCN(C(=O)C3(F)CN(C(=O)/C=C/CN(C)C)C3)CC2)=C(C)N)cn2ncc(C#N)c12. The summed E-state index contributed by atoms with van der Waals surface area (Å²) in [5.41, 5.74) is 8.00. The number of likely N-dealkylation sites (tertiary alicyclic amines) is 2. The van der Waals surface area contributed by atoms with E-state index >= 15 is 4.39 Å². The number of carbonyl (C=O) groups excluding carboxylic acids is 2. The minimum absolute atomic E-state index is 0.0641. The number of rotatable bonds is 8. The molecule has 2 N–H and O–H groups in total. The zero-order chi connectivity index (χ0) is 29.9. The first-order chi connectivity index (χ1) is 19.5. The molecule has 2 saturated heterocycles. The van der Waals surface area contributed by atoms with E-state index in [0.717, 1.165) is 16.8 Å². The molecule has 0 bridgehead atoms. The van der Waals surface area contributed by atoms with Gasteiger partial charge in [0.1, 0.15) is 22.9 Å². The molecular formula is C29H37FN8O3. The van der Waals surface area contributed by atoms with Gasteiger partial charge in [-0.3, -0.25) is 14.6 Å². The summed E-state index contributed by atoms with van der Waals surface area (Å²) in [6.07, 6.45) is 7.59. The fraction of sp³-hybridized carbons (Fsp3) is 0.483. The number of methoxy groups -OCH3 is 1. The Morgan fingerprint density at radius 3 is 2.56 bits per heavy atom. The van der Waals surface area contributed by atoms with Crippen LogP contribution in [-0.2, 0) is 9.59 Å². The van der Waals surface area contributed by atoms with E-state index in [1.807, 2.05) is 32.0 Å². The van der Waals surface area contributed by atoms with E-state index in [4.69, 9.17) is 15.5 Å². The Morgan fingerprint density at radius 2 is 1.98 bits per heavy atom. The van der Waals surface area contributed by atoms with Gasteiger partial charge in [-0.15, -0.1) is 0 Å². The quantitative estimate of drug-likeness (QED) is 0.383. The molecule has 0 spiro atoms. The Balaban J connectivity index is 1.40. The van der Waals surface area contributed by atoms with Crippen molar-refractivity contribution in [1.82, 2.24) is 24.3 Å². The number of ether oxygens (including phenoxy) is 1. The summed E-state index contributed by atoms with van der Waals surface area (Å²) in [5, 5.41) is 13.7. The Morgan fingerprint density at radius 1 is 1.29 bits per heavy atom. The lowest BCUT2D eigenvalue weighted by Crippen LogP contribution is -2.68. The number of piperidine rings is 1. The molecule has 2 amide bonds. The Labute approximate surface area is 239 Å². The summed E-state index contributed by atoms with van der Waals surface area (Å²) in [6.45, 7) is 4.60. The van der Waals surface area contributed by atoms with Crippen molar-refractivity contribution in [2.24, 2.45) is 10.7 Å². The molecule has 2 aliphatic rings. The Kier molecular flexibility index (Phi) is 8.77. The lowest BCUT2D eigenvalue weighted by Gasteiger charge is -2.45. The molecule has 4 heterocycles. The summed E-state index contributed by atoms with van der Waals surface area (Å²) >= 11 is 0. The highest BCUT2D eigenvalue weighted by Gasteiger charge is 2.53. The highest BCUT2D eigenvalue weighted by molar-refractivity contribution is 6.23. The van der Waals surface area contributed by atoms with Crippen LogP contribution in [0.1, 0.15) is 37.8 Å². The number of hydrogen-bond acceptors (Lipinski definition) is 8. The molecule has 0 atom stereocenters. The minimum Gasteiger partial charge on any atom is -0.494 e. The van der Waals surface area contributed by atoms with Gasteiger partial charge in [0, 0.05) is 54.5 Å². The van der Waals surface area contributed by atoms with Gasteiger partial charge in [-0.1, -0.05) is 6.08 Å². The van der Waals surface area contributed by atoms with Crippen LogP contribution in [0.15, 0.2) is 41.3 Å². The van der Waals surface area contributed by atoms with Crippen LogP contribution in [0.4, 0.5) is 4.39 Å². The van der Waals surface area contributed by atoms with Gasteiger partial charge in [-0.25, -0.2) is 8.91 Å². The molecular weight excluding hydrogens is 527 g/mol. The monoisotopic (exact) mass is 564 g/mol. The van der Waals surface area contributed by atoms with Crippen molar-refractivity contribution in [3.05, 3.63) is 47.4 Å². The predicted octanol–water partition coefficient (Wildman–Crippen LogP) is 2.02. The standard InChI is InChI=1S/C29H37FN8O3/c1-19(32)26(21-13-24(41-5)27-22(14-31)15-33-38(27)16-21)20(2)34-23-8-11-36(12-9-23)28(40)29(30)17-37(18-29)25(39)7-6-10-35(3)4/h6-7,13,15-16,23H,8-12,17-18,32H2,1-5H3/b7-6+,26-19?,34-20?. The van der Waals surface area contributed by atoms with Crippen LogP contribution in [0.2, 0.25) is 0 Å². The van der Waals surface area contributed by atoms with Gasteiger partial charge in [-0.2, -0.15) is 10.4 Å². The molecule has 218 valence electrons. The number of carbonyl (C=O) groups is 2. The second-order valence-electron chi connectivity index (χ2n) is 10.9. The first kappa shape index (κ1) is 29.7. The van der Waals surface area contributed by atoms with Gasteiger partial charge < -0.3 is 25.2 Å². The average Bonchev–Trinajstić information content (AvgIpc) is 3.33. The van der Waals surface area contributed by atoms with E-state index < -0.39 is 11.6 Å². The molecule has 0 aromatic carbocycles. The maximum absolute atomic E-state index is 15.3.